The maximum absolute atomic E-state index is 14.0. The zero-order valence-corrected chi connectivity index (χ0v) is 19.9. The quantitative estimate of drug-likeness (QED) is 0.375. The van der Waals surface area contributed by atoms with Crippen LogP contribution >= 0.6 is 0 Å². The summed E-state index contributed by atoms with van der Waals surface area (Å²) in [7, 11) is 2.98. The number of amides is 2. The summed E-state index contributed by atoms with van der Waals surface area (Å²) >= 11 is 0. The van der Waals surface area contributed by atoms with E-state index in [1.54, 1.807) is 12.1 Å². The molecule has 0 radical (unpaired) electrons. The number of rotatable bonds is 9. The molecule has 2 heterocycles. The number of nitriles is 1. The van der Waals surface area contributed by atoms with Gasteiger partial charge in [-0.15, -0.1) is 0 Å². The lowest BCUT2D eigenvalue weighted by molar-refractivity contribution is -0.129. The van der Waals surface area contributed by atoms with Crippen molar-refractivity contribution in [2.45, 2.75) is 19.3 Å². The molecule has 11 heteroatoms. The summed E-state index contributed by atoms with van der Waals surface area (Å²) < 4.78 is 15.2. The number of aromatic hydroxyl groups is 1. The van der Waals surface area contributed by atoms with Crippen LogP contribution < -0.4 is 10.9 Å². The number of aryl methyl sites for hydroxylation is 2. The molecule has 2 amide bonds. The van der Waals surface area contributed by atoms with E-state index in [2.05, 4.69) is 10.3 Å². The van der Waals surface area contributed by atoms with E-state index in [1.807, 2.05) is 6.07 Å². The van der Waals surface area contributed by atoms with Crippen LogP contribution in [0.3, 0.4) is 0 Å². The van der Waals surface area contributed by atoms with Gasteiger partial charge in [-0.25, -0.2) is 4.39 Å². The molecule has 3 aromatic rings. The van der Waals surface area contributed by atoms with Crippen molar-refractivity contribution in [2.24, 2.45) is 7.05 Å². The van der Waals surface area contributed by atoms with Crippen molar-refractivity contribution in [2.75, 3.05) is 26.7 Å². The van der Waals surface area contributed by atoms with Gasteiger partial charge in [0.1, 0.15) is 23.4 Å². The standard InChI is InChI=1S/C25H26FN5O5/c1-30(9-7-27)20(33)6-4-17-13-18(26)5-3-16(17)11-15-12-19-22(29-14-15)23(34)21(25(36)31(19)2)24(35)28-8-10-32/h3,5,12-14,32,34H,4,6,8-11H2,1-2H3,(H,28,35). The Bertz CT molecular complexity index is 1410. The van der Waals surface area contributed by atoms with Gasteiger partial charge in [0.05, 0.1) is 18.2 Å². The fourth-order valence-corrected chi connectivity index (χ4v) is 3.84. The van der Waals surface area contributed by atoms with E-state index in [0.29, 0.717) is 23.1 Å². The van der Waals surface area contributed by atoms with Crippen LogP contribution in [-0.4, -0.2) is 63.2 Å². The first-order chi connectivity index (χ1) is 17.2. The van der Waals surface area contributed by atoms with Crippen molar-refractivity contribution in [1.29, 1.82) is 5.26 Å². The highest BCUT2D eigenvalue weighted by molar-refractivity contribution is 6.01. The van der Waals surface area contributed by atoms with E-state index in [9.17, 15) is 23.9 Å². The lowest BCUT2D eigenvalue weighted by Gasteiger charge is -2.15. The summed E-state index contributed by atoms with van der Waals surface area (Å²) in [6.07, 6.45) is 2.18. The fraction of sp³-hybridized carbons (Fsp3) is 0.320. The van der Waals surface area contributed by atoms with Gasteiger partial charge in [0.25, 0.3) is 11.5 Å². The fourth-order valence-electron chi connectivity index (χ4n) is 3.84. The molecule has 3 N–H and O–H groups in total. The van der Waals surface area contributed by atoms with Crippen molar-refractivity contribution in [3.05, 3.63) is 68.9 Å². The van der Waals surface area contributed by atoms with Crippen LogP contribution in [0.15, 0.2) is 35.3 Å². The van der Waals surface area contributed by atoms with Gasteiger partial charge in [-0.2, -0.15) is 5.26 Å². The lowest BCUT2D eigenvalue weighted by atomic mass is 9.97. The van der Waals surface area contributed by atoms with Gasteiger partial charge in [-0.3, -0.25) is 19.4 Å². The first-order valence-electron chi connectivity index (χ1n) is 11.2. The van der Waals surface area contributed by atoms with E-state index in [-0.39, 0.29) is 44.0 Å². The Hall–Kier alpha value is -4.30. The number of aromatic nitrogens is 2. The normalized spacial score (nSPS) is 10.8. The Morgan fingerprint density at radius 1 is 1.28 bits per heavy atom. The van der Waals surface area contributed by atoms with E-state index in [1.165, 1.54) is 41.9 Å². The third-order valence-corrected chi connectivity index (χ3v) is 5.79. The van der Waals surface area contributed by atoms with E-state index < -0.39 is 28.6 Å². The summed E-state index contributed by atoms with van der Waals surface area (Å²) in [6, 6.07) is 7.85. The second kappa shape index (κ2) is 11.4. The number of hydrogen-bond acceptors (Lipinski definition) is 7. The Kier molecular flexibility index (Phi) is 8.34. The Balaban J connectivity index is 1.93. The van der Waals surface area contributed by atoms with E-state index >= 15 is 0 Å². The van der Waals surface area contributed by atoms with Crippen LogP contribution in [0.4, 0.5) is 4.39 Å². The lowest BCUT2D eigenvalue weighted by Crippen LogP contribution is -2.34. The largest absolute Gasteiger partial charge is 0.505 e. The van der Waals surface area contributed by atoms with Crippen molar-refractivity contribution in [3.63, 3.8) is 0 Å². The van der Waals surface area contributed by atoms with Gasteiger partial charge >= 0.3 is 0 Å². The molecule has 0 spiro atoms. The van der Waals surface area contributed by atoms with Gasteiger partial charge in [-0.1, -0.05) is 6.07 Å². The smallest absolute Gasteiger partial charge is 0.267 e. The molecule has 0 aliphatic rings. The predicted octanol–water partition coefficient (Wildman–Crippen LogP) is 1.01. The summed E-state index contributed by atoms with van der Waals surface area (Å²) in [5.41, 5.74) is 1.20. The van der Waals surface area contributed by atoms with Gasteiger partial charge in [0.15, 0.2) is 5.75 Å². The molecule has 0 saturated heterocycles. The zero-order valence-electron chi connectivity index (χ0n) is 19.9. The van der Waals surface area contributed by atoms with Crippen molar-refractivity contribution >= 4 is 22.8 Å². The number of carbonyl (C=O) groups excluding carboxylic acids is 2. The molecule has 0 atom stereocenters. The number of fused-ring (bicyclic) bond motifs is 1. The number of benzene rings is 1. The molecular formula is C25H26FN5O5. The highest BCUT2D eigenvalue weighted by Crippen LogP contribution is 2.26. The molecule has 10 nitrogen and oxygen atoms in total. The van der Waals surface area contributed by atoms with Crippen molar-refractivity contribution in [1.82, 2.24) is 19.8 Å². The van der Waals surface area contributed by atoms with Crippen molar-refractivity contribution < 1.29 is 24.2 Å². The molecule has 188 valence electrons. The topological polar surface area (TPSA) is 149 Å². The molecule has 0 aliphatic carbocycles. The molecule has 0 bridgehead atoms. The molecule has 36 heavy (non-hydrogen) atoms. The summed E-state index contributed by atoms with van der Waals surface area (Å²) in [6.45, 7) is -0.432. The highest BCUT2D eigenvalue weighted by Gasteiger charge is 2.22. The third-order valence-electron chi connectivity index (χ3n) is 5.79. The summed E-state index contributed by atoms with van der Waals surface area (Å²) in [5.74, 6) is -2.05. The van der Waals surface area contributed by atoms with Crippen LogP contribution in [0.1, 0.15) is 33.5 Å². The maximum Gasteiger partial charge on any atom is 0.267 e. The number of aliphatic hydroxyl groups excluding tert-OH is 1. The highest BCUT2D eigenvalue weighted by atomic mass is 19.1. The second-order valence-electron chi connectivity index (χ2n) is 8.28. The van der Waals surface area contributed by atoms with Gasteiger partial charge < -0.3 is 25.0 Å². The molecule has 0 fully saturated rings. The molecule has 0 saturated carbocycles. The number of nitrogens with zero attached hydrogens (tertiary/aromatic N) is 4. The zero-order chi connectivity index (χ0) is 26.4. The van der Waals surface area contributed by atoms with E-state index in [0.717, 1.165) is 5.56 Å². The third kappa shape index (κ3) is 5.67. The first-order valence-corrected chi connectivity index (χ1v) is 11.2. The molecule has 1 aromatic carbocycles. The van der Waals surface area contributed by atoms with Gasteiger partial charge in [-0.05, 0) is 47.7 Å². The molecule has 3 rings (SSSR count). The summed E-state index contributed by atoms with van der Waals surface area (Å²) in [5, 5.41) is 30.6. The molecular weight excluding hydrogens is 469 g/mol. The van der Waals surface area contributed by atoms with Crippen LogP contribution in [0.5, 0.6) is 5.75 Å². The molecule has 2 aromatic heterocycles. The number of pyridine rings is 2. The number of carbonyl (C=O) groups is 2. The second-order valence-corrected chi connectivity index (χ2v) is 8.28. The number of aliphatic hydroxyl groups is 1. The number of halogens is 1. The van der Waals surface area contributed by atoms with Gasteiger partial charge in [0, 0.05) is 33.3 Å². The minimum Gasteiger partial charge on any atom is -0.505 e. The van der Waals surface area contributed by atoms with Crippen LogP contribution in [0.25, 0.3) is 11.0 Å². The van der Waals surface area contributed by atoms with Crippen LogP contribution in [-0.2, 0) is 24.7 Å². The molecule has 0 unspecified atom stereocenters. The average molecular weight is 496 g/mol. The Morgan fingerprint density at radius 2 is 2.03 bits per heavy atom. The first kappa shape index (κ1) is 26.3. The monoisotopic (exact) mass is 495 g/mol. The number of hydrogen-bond donors (Lipinski definition) is 3. The minimum absolute atomic E-state index is 0.0338. The predicted molar refractivity (Wildman–Crippen MR) is 129 cm³/mol. The SMILES string of the molecule is CN(CC#N)C(=O)CCc1cc(F)ccc1Cc1cnc2c(O)c(C(=O)NCCO)c(=O)n(C)c2c1. The maximum atomic E-state index is 14.0. The van der Waals surface area contributed by atoms with Crippen LogP contribution in [0.2, 0.25) is 0 Å². The number of nitrogens with one attached hydrogen (secondary N) is 1. The minimum atomic E-state index is -0.819. The van der Waals surface area contributed by atoms with E-state index in [4.69, 9.17) is 10.4 Å². The van der Waals surface area contributed by atoms with Gasteiger partial charge in [0.2, 0.25) is 5.91 Å². The Labute approximate surface area is 206 Å². The van der Waals surface area contributed by atoms with Crippen LogP contribution in [0, 0.1) is 17.1 Å². The molecule has 0 aliphatic heterocycles. The van der Waals surface area contributed by atoms with Crippen molar-refractivity contribution in [3.8, 4) is 11.8 Å². The Morgan fingerprint density at radius 3 is 2.72 bits per heavy atom. The average Bonchev–Trinajstić information content (AvgIpc) is 2.86. The summed E-state index contributed by atoms with van der Waals surface area (Å²) in [4.78, 5) is 42.9.